The van der Waals surface area contributed by atoms with E-state index in [0.29, 0.717) is 17.1 Å². The zero-order chi connectivity index (χ0) is 19.6. The number of rotatable bonds is 5. The molecular weight excluding hydrogens is 380 g/mol. The van der Waals surface area contributed by atoms with E-state index in [1.807, 2.05) is 0 Å². The number of ether oxygens (including phenoxy) is 1. The molecule has 0 aliphatic carbocycles. The van der Waals surface area contributed by atoms with E-state index in [1.165, 1.54) is 18.3 Å². The summed E-state index contributed by atoms with van der Waals surface area (Å²) >= 11 is 0. The molecular formula is C19H14N4O4S. The Morgan fingerprint density at radius 3 is 2.46 bits per heavy atom. The average molecular weight is 394 g/mol. The SMILES string of the molecule is O=C1Cc2cc(/N=N/c3ccc(S(=O)(=O)Nc4ccccn4)cc3)ccc2O1. The van der Waals surface area contributed by atoms with Crippen LogP contribution < -0.4 is 9.46 Å². The van der Waals surface area contributed by atoms with E-state index in [-0.39, 0.29) is 23.1 Å². The fraction of sp³-hybridized carbons (Fsp3) is 0.0526. The van der Waals surface area contributed by atoms with E-state index in [0.717, 1.165) is 5.56 Å². The van der Waals surface area contributed by atoms with Gasteiger partial charge >= 0.3 is 5.97 Å². The largest absolute Gasteiger partial charge is 0.426 e. The topological polar surface area (TPSA) is 110 Å². The van der Waals surface area contributed by atoms with Crippen molar-refractivity contribution in [3.8, 4) is 5.75 Å². The summed E-state index contributed by atoms with van der Waals surface area (Å²) in [6.45, 7) is 0. The lowest BCUT2D eigenvalue weighted by Gasteiger charge is -2.06. The zero-order valence-electron chi connectivity index (χ0n) is 14.4. The van der Waals surface area contributed by atoms with E-state index in [4.69, 9.17) is 4.74 Å². The Morgan fingerprint density at radius 2 is 1.71 bits per heavy atom. The number of fused-ring (bicyclic) bond motifs is 1. The lowest BCUT2D eigenvalue weighted by atomic mass is 10.1. The molecule has 0 radical (unpaired) electrons. The Labute approximate surface area is 161 Å². The van der Waals surface area contributed by atoms with Gasteiger partial charge in [-0.1, -0.05) is 6.07 Å². The molecule has 0 unspecified atom stereocenters. The number of pyridine rings is 1. The Kier molecular flexibility index (Phi) is 4.58. The van der Waals surface area contributed by atoms with Crippen molar-refractivity contribution in [2.45, 2.75) is 11.3 Å². The standard InChI is InChI=1S/C19H14N4O4S/c24-19-12-13-11-15(6-9-17(13)27-19)22-21-14-4-7-16(8-5-14)28(25,26)23-18-3-1-2-10-20-18/h1-11H,12H2,(H,20,23)/b22-21+. The molecule has 2 aromatic carbocycles. The van der Waals surface area contributed by atoms with Gasteiger partial charge in [-0.05, 0) is 54.6 Å². The number of carbonyl (C=O) groups excluding carboxylic acids is 1. The molecule has 0 fully saturated rings. The highest BCUT2D eigenvalue weighted by Gasteiger charge is 2.20. The minimum absolute atomic E-state index is 0.0882. The molecule has 2 heterocycles. The summed E-state index contributed by atoms with van der Waals surface area (Å²) in [5.41, 5.74) is 1.83. The first-order valence-electron chi connectivity index (χ1n) is 8.29. The monoisotopic (exact) mass is 394 g/mol. The summed E-state index contributed by atoms with van der Waals surface area (Å²) < 4.78 is 32.2. The Morgan fingerprint density at radius 1 is 0.964 bits per heavy atom. The molecule has 4 rings (SSSR count). The third kappa shape index (κ3) is 3.89. The van der Waals surface area contributed by atoms with E-state index in [9.17, 15) is 13.2 Å². The molecule has 0 saturated heterocycles. The van der Waals surface area contributed by atoms with E-state index >= 15 is 0 Å². The van der Waals surface area contributed by atoms with Crippen LogP contribution in [0.4, 0.5) is 17.2 Å². The van der Waals surface area contributed by atoms with Crippen molar-refractivity contribution >= 4 is 33.2 Å². The van der Waals surface area contributed by atoms with Crippen molar-refractivity contribution in [2.75, 3.05) is 4.72 Å². The first-order chi connectivity index (χ1) is 13.5. The molecule has 8 nitrogen and oxygen atoms in total. The Hall–Kier alpha value is -3.59. The van der Waals surface area contributed by atoms with Crippen LogP contribution in [-0.4, -0.2) is 19.4 Å². The third-order valence-corrected chi connectivity index (χ3v) is 5.31. The number of esters is 1. The number of nitrogens with one attached hydrogen (secondary N) is 1. The van der Waals surface area contributed by atoms with Crippen molar-refractivity contribution < 1.29 is 17.9 Å². The maximum Gasteiger partial charge on any atom is 0.315 e. The highest BCUT2D eigenvalue weighted by Crippen LogP contribution is 2.30. The molecule has 28 heavy (non-hydrogen) atoms. The highest BCUT2D eigenvalue weighted by molar-refractivity contribution is 7.92. The van der Waals surface area contributed by atoms with Crippen molar-refractivity contribution in [3.05, 3.63) is 72.4 Å². The van der Waals surface area contributed by atoms with Crippen LogP contribution in [-0.2, 0) is 21.2 Å². The van der Waals surface area contributed by atoms with Crippen LogP contribution in [0.3, 0.4) is 0 Å². The molecule has 140 valence electrons. The summed E-state index contributed by atoms with van der Waals surface area (Å²) in [4.78, 5) is 15.3. The molecule has 0 spiro atoms. The first-order valence-corrected chi connectivity index (χ1v) is 9.77. The number of hydrogen-bond donors (Lipinski definition) is 1. The van der Waals surface area contributed by atoms with Crippen molar-refractivity contribution in [1.29, 1.82) is 0 Å². The minimum atomic E-state index is -3.74. The molecule has 1 aliphatic rings. The van der Waals surface area contributed by atoms with Crippen LogP contribution in [0.15, 0.2) is 82.0 Å². The van der Waals surface area contributed by atoms with Crippen LogP contribution in [0.25, 0.3) is 0 Å². The average Bonchev–Trinajstić information content (AvgIpc) is 3.06. The van der Waals surface area contributed by atoms with Gasteiger partial charge in [0.15, 0.2) is 0 Å². The summed E-state index contributed by atoms with van der Waals surface area (Å²) in [5.74, 6) is 0.490. The van der Waals surface area contributed by atoms with Gasteiger partial charge in [0.25, 0.3) is 10.0 Å². The number of benzene rings is 2. The fourth-order valence-electron chi connectivity index (χ4n) is 2.61. The van der Waals surface area contributed by atoms with Crippen LogP contribution >= 0.6 is 0 Å². The lowest BCUT2D eigenvalue weighted by molar-refractivity contribution is -0.131. The highest BCUT2D eigenvalue weighted by atomic mass is 32.2. The second kappa shape index (κ2) is 7.20. The molecule has 1 N–H and O–H groups in total. The van der Waals surface area contributed by atoms with Gasteiger partial charge in [0.05, 0.1) is 22.7 Å². The maximum atomic E-state index is 12.4. The van der Waals surface area contributed by atoms with E-state index < -0.39 is 10.0 Å². The quantitative estimate of drug-likeness (QED) is 0.402. The number of azo groups is 1. The number of sulfonamides is 1. The van der Waals surface area contributed by atoms with Crippen LogP contribution in [0.2, 0.25) is 0 Å². The molecule has 0 saturated carbocycles. The smallest absolute Gasteiger partial charge is 0.315 e. The van der Waals surface area contributed by atoms with Gasteiger partial charge in [0.2, 0.25) is 0 Å². The third-order valence-electron chi connectivity index (χ3n) is 3.93. The second-order valence-electron chi connectivity index (χ2n) is 5.96. The summed E-state index contributed by atoms with van der Waals surface area (Å²) in [7, 11) is -3.74. The fourth-order valence-corrected chi connectivity index (χ4v) is 3.62. The van der Waals surface area contributed by atoms with E-state index in [1.54, 1.807) is 48.5 Å². The van der Waals surface area contributed by atoms with Gasteiger partial charge in [-0.25, -0.2) is 13.4 Å². The molecule has 3 aromatic rings. The number of carbonyl (C=O) groups is 1. The van der Waals surface area contributed by atoms with Crippen molar-refractivity contribution in [2.24, 2.45) is 10.2 Å². The van der Waals surface area contributed by atoms with Crippen LogP contribution in [0.5, 0.6) is 5.75 Å². The second-order valence-corrected chi connectivity index (χ2v) is 7.64. The summed E-state index contributed by atoms with van der Waals surface area (Å²) in [5, 5.41) is 8.22. The van der Waals surface area contributed by atoms with Crippen LogP contribution in [0.1, 0.15) is 5.56 Å². The van der Waals surface area contributed by atoms with Gasteiger partial charge in [0, 0.05) is 11.8 Å². The molecule has 0 bridgehead atoms. The number of aromatic nitrogens is 1. The first kappa shape index (κ1) is 17.8. The molecule has 0 atom stereocenters. The summed E-state index contributed by atoms with van der Waals surface area (Å²) in [6, 6.07) is 16.0. The molecule has 1 aliphatic heterocycles. The van der Waals surface area contributed by atoms with E-state index in [2.05, 4.69) is 19.9 Å². The minimum Gasteiger partial charge on any atom is -0.426 e. The van der Waals surface area contributed by atoms with Gasteiger partial charge in [0.1, 0.15) is 11.6 Å². The normalized spacial score (nSPS) is 13.4. The van der Waals surface area contributed by atoms with Gasteiger partial charge in [-0.3, -0.25) is 9.52 Å². The molecule has 1 aromatic heterocycles. The van der Waals surface area contributed by atoms with Gasteiger partial charge < -0.3 is 4.74 Å². The van der Waals surface area contributed by atoms with Crippen molar-refractivity contribution in [3.63, 3.8) is 0 Å². The van der Waals surface area contributed by atoms with Crippen LogP contribution in [0, 0.1) is 0 Å². The van der Waals surface area contributed by atoms with Gasteiger partial charge in [-0.2, -0.15) is 10.2 Å². The molecule has 0 amide bonds. The number of hydrogen-bond acceptors (Lipinski definition) is 7. The predicted molar refractivity (Wildman–Crippen MR) is 101 cm³/mol. The lowest BCUT2D eigenvalue weighted by Crippen LogP contribution is -2.13. The number of nitrogens with zero attached hydrogens (tertiary/aromatic N) is 3. The zero-order valence-corrected chi connectivity index (χ0v) is 15.3. The predicted octanol–water partition coefficient (Wildman–Crippen LogP) is 3.76. The Bertz CT molecular complexity index is 1160. The summed E-state index contributed by atoms with van der Waals surface area (Å²) in [6.07, 6.45) is 1.72. The maximum absolute atomic E-state index is 12.4. The Balaban J connectivity index is 1.48. The number of anilines is 1. The molecule has 9 heteroatoms. The van der Waals surface area contributed by atoms with Crippen molar-refractivity contribution in [1.82, 2.24) is 4.98 Å². The van der Waals surface area contributed by atoms with Gasteiger partial charge in [-0.15, -0.1) is 0 Å².